The third kappa shape index (κ3) is 4.46. The van der Waals surface area contributed by atoms with E-state index in [0.717, 1.165) is 42.4 Å². The molecule has 5 rings (SSSR count). The van der Waals surface area contributed by atoms with Gasteiger partial charge in [0.2, 0.25) is 5.78 Å². The van der Waals surface area contributed by atoms with Crippen molar-refractivity contribution in [2.45, 2.75) is 64.5 Å². The number of alkyl halides is 3. The normalized spacial score (nSPS) is 19.0. The third-order valence-corrected chi connectivity index (χ3v) is 7.64. The van der Waals surface area contributed by atoms with Crippen molar-refractivity contribution in [3.63, 3.8) is 0 Å². The van der Waals surface area contributed by atoms with Crippen molar-refractivity contribution in [1.82, 2.24) is 19.3 Å². The predicted octanol–water partition coefficient (Wildman–Crippen LogP) is 5.05. The molecular formula is C26H32F3N5O2. The molecule has 1 saturated heterocycles. The number of fused-ring (bicyclic) bond motifs is 3. The smallest absolute Gasteiger partial charge is 0.381 e. The standard InChI is InChI=1S/C26H32F3N5O2/c1-16-12-30-24-32-23(31-18(3)19-6-5-7-21(17(19)2)26(27,28)29)20-13-33(14-22(20)34(16)24)15-25(35-4)8-10-36-11-9-25/h5-7,12,18H,8-11,13-15H2,1-4H3,(H,30,31,32)/t18-/m1/s1. The summed E-state index contributed by atoms with van der Waals surface area (Å²) in [5.41, 5.74) is 3.09. The van der Waals surface area contributed by atoms with Gasteiger partial charge in [0.05, 0.1) is 23.4 Å². The molecule has 1 N–H and O–H groups in total. The lowest BCUT2D eigenvalue weighted by molar-refractivity contribution is -0.138. The van der Waals surface area contributed by atoms with Gasteiger partial charge in [-0.25, -0.2) is 4.98 Å². The van der Waals surface area contributed by atoms with E-state index >= 15 is 0 Å². The number of aryl methyl sites for hydroxylation is 1. The number of rotatable bonds is 6. The lowest BCUT2D eigenvalue weighted by Gasteiger charge is -2.38. The van der Waals surface area contributed by atoms with E-state index in [-0.39, 0.29) is 17.2 Å². The summed E-state index contributed by atoms with van der Waals surface area (Å²) in [6, 6.07) is 3.95. The number of aromatic nitrogens is 3. The predicted molar refractivity (Wildman–Crippen MR) is 130 cm³/mol. The molecule has 10 heteroatoms. The second kappa shape index (κ2) is 9.32. The number of nitrogens with zero attached hydrogens (tertiary/aromatic N) is 4. The van der Waals surface area contributed by atoms with Crippen LogP contribution in [0, 0.1) is 13.8 Å². The van der Waals surface area contributed by atoms with E-state index in [1.54, 1.807) is 19.4 Å². The van der Waals surface area contributed by atoms with Gasteiger partial charge in [0.25, 0.3) is 0 Å². The molecule has 1 fully saturated rings. The molecule has 0 saturated carbocycles. The second-order valence-electron chi connectivity index (χ2n) is 9.95. The van der Waals surface area contributed by atoms with Crippen LogP contribution in [0.15, 0.2) is 24.4 Å². The Morgan fingerprint density at radius 2 is 1.94 bits per heavy atom. The summed E-state index contributed by atoms with van der Waals surface area (Å²) in [5.74, 6) is 1.24. The number of nitrogens with one attached hydrogen (secondary N) is 1. The molecule has 0 spiro atoms. The lowest BCUT2D eigenvalue weighted by Crippen LogP contribution is -2.47. The summed E-state index contributed by atoms with van der Waals surface area (Å²) in [6.45, 7) is 8.90. The van der Waals surface area contributed by atoms with Crippen molar-refractivity contribution in [1.29, 1.82) is 0 Å². The zero-order chi connectivity index (χ0) is 25.7. The average Bonchev–Trinajstić information content (AvgIpc) is 3.42. The molecule has 0 unspecified atom stereocenters. The molecule has 1 aromatic carbocycles. The first kappa shape index (κ1) is 25.0. The monoisotopic (exact) mass is 503 g/mol. The Kier molecular flexibility index (Phi) is 6.46. The molecule has 2 aliphatic heterocycles. The van der Waals surface area contributed by atoms with Crippen molar-refractivity contribution in [3.8, 4) is 0 Å². The number of halogens is 3. The van der Waals surface area contributed by atoms with E-state index in [0.29, 0.717) is 43.5 Å². The highest BCUT2D eigenvalue weighted by Crippen LogP contribution is 2.37. The van der Waals surface area contributed by atoms with Crippen LogP contribution in [0.5, 0.6) is 0 Å². The molecule has 2 aliphatic rings. The van der Waals surface area contributed by atoms with E-state index in [1.165, 1.54) is 13.0 Å². The summed E-state index contributed by atoms with van der Waals surface area (Å²) in [7, 11) is 1.76. The Balaban J connectivity index is 1.47. The van der Waals surface area contributed by atoms with Crippen molar-refractivity contribution >= 4 is 11.6 Å². The fraction of sp³-hybridized carbons (Fsp3) is 0.538. The Hall–Kier alpha value is -2.69. The minimum absolute atomic E-state index is 0.225. The van der Waals surface area contributed by atoms with Gasteiger partial charge in [0.1, 0.15) is 5.82 Å². The summed E-state index contributed by atoms with van der Waals surface area (Å²) < 4.78 is 54.1. The van der Waals surface area contributed by atoms with Gasteiger partial charge < -0.3 is 14.8 Å². The molecule has 194 valence electrons. The summed E-state index contributed by atoms with van der Waals surface area (Å²) in [5, 5.41) is 3.42. The van der Waals surface area contributed by atoms with Gasteiger partial charge in [-0.2, -0.15) is 18.2 Å². The molecule has 0 amide bonds. The van der Waals surface area contributed by atoms with Gasteiger partial charge in [-0.3, -0.25) is 9.30 Å². The largest absolute Gasteiger partial charge is 0.416 e. The van der Waals surface area contributed by atoms with E-state index in [2.05, 4.69) is 19.6 Å². The maximum Gasteiger partial charge on any atom is 0.416 e. The van der Waals surface area contributed by atoms with Crippen LogP contribution in [-0.4, -0.2) is 51.7 Å². The Morgan fingerprint density at radius 3 is 2.64 bits per heavy atom. The van der Waals surface area contributed by atoms with Crippen molar-refractivity contribution in [2.24, 2.45) is 0 Å². The zero-order valence-electron chi connectivity index (χ0n) is 21.1. The molecule has 7 nitrogen and oxygen atoms in total. The Labute approximate surface area is 208 Å². The fourth-order valence-corrected chi connectivity index (χ4v) is 5.62. The van der Waals surface area contributed by atoms with Gasteiger partial charge in [-0.1, -0.05) is 12.1 Å². The number of methoxy groups -OCH3 is 1. The molecule has 3 aromatic rings. The van der Waals surface area contributed by atoms with Crippen LogP contribution in [-0.2, 0) is 28.7 Å². The first-order valence-corrected chi connectivity index (χ1v) is 12.3. The van der Waals surface area contributed by atoms with Crippen LogP contribution in [0.3, 0.4) is 0 Å². The topological polar surface area (TPSA) is 63.9 Å². The first-order chi connectivity index (χ1) is 17.1. The second-order valence-corrected chi connectivity index (χ2v) is 9.95. The zero-order valence-corrected chi connectivity index (χ0v) is 21.1. The summed E-state index contributed by atoms with van der Waals surface area (Å²) in [4.78, 5) is 11.6. The highest BCUT2D eigenvalue weighted by Gasteiger charge is 2.38. The van der Waals surface area contributed by atoms with Gasteiger partial charge in [0.15, 0.2) is 0 Å². The third-order valence-electron chi connectivity index (χ3n) is 7.64. The highest BCUT2D eigenvalue weighted by atomic mass is 19.4. The van der Waals surface area contributed by atoms with E-state index in [9.17, 15) is 13.2 Å². The average molecular weight is 504 g/mol. The minimum Gasteiger partial charge on any atom is -0.381 e. The first-order valence-electron chi connectivity index (χ1n) is 12.3. The van der Waals surface area contributed by atoms with Crippen LogP contribution in [0.25, 0.3) is 5.78 Å². The van der Waals surface area contributed by atoms with Crippen molar-refractivity contribution < 1.29 is 22.6 Å². The van der Waals surface area contributed by atoms with Gasteiger partial charge in [-0.05, 0) is 38.0 Å². The minimum atomic E-state index is -4.40. The van der Waals surface area contributed by atoms with Crippen molar-refractivity contribution in [3.05, 3.63) is 58.0 Å². The SMILES string of the molecule is COC1(CN2Cc3c(N[C@H](C)c4cccc(C(F)(F)F)c4C)nc4ncc(C)n4c3C2)CCOCC1. The van der Waals surface area contributed by atoms with Crippen LogP contribution >= 0.6 is 0 Å². The van der Waals surface area contributed by atoms with E-state index < -0.39 is 11.7 Å². The highest BCUT2D eigenvalue weighted by molar-refractivity contribution is 5.56. The number of anilines is 1. The Bertz CT molecular complexity index is 1270. The van der Waals surface area contributed by atoms with Crippen LogP contribution in [0.4, 0.5) is 19.0 Å². The van der Waals surface area contributed by atoms with Gasteiger partial charge in [0, 0.05) is 69.8 Å². The Morgan fingerprint density at radius 1 is 1.19 bits per heavy atom. The molecule has 0 bridgehead atoms. The quantitative estimate of drug-likeness (QED) is 0.508. The number of imidazole rings is 1. The van der Waals surface area contributed by atoms with Crippen LogP contribution < -0.4 is 5.32 Å². The lowest BCUT2D eigenvalue weighted by atomic mass is 9.93. The number of ether oxygens (including phenoxy) is 2. The van der Waals surface area contributed by atoms with E-state index in [4.69, 9.17) is 14.5 Å². The molecule has 2 aromatic heterocycles. The van der Waals surface area contributed by atoms with Crippen molar-refractivity contribution in [2.75, 3.05) is 32.2 Å². The molecule has 4 heterocycles. The fourth-order valence-electron chi connectivity index (χ4n) is 5.62. The molecule has 36 heavy (non-hydrogen) atoms. The maximum atomic E-state index is 13.5. The molecule has 0 radical (unpaired) electrons. The van der Waals surface area contributed by atoms with Crippen LogP contribution in [0.2, 0.25) is 0 Å². The maximum absolute atomic E-state index is 13.5. The summed E-state index contributed by atoms with van der Waals surface area (Å²) >= 11 is 0. The molecule has 1 atom stereocenters. The molecule has 0 aliphatic carbocycles. The number of benzene rings is 1. The molecular weight excluding hydrogens is 471 g/mol. The summed E-state index contributed by atoms with van der Waals surface area (Å²) in [6.07, 6.45) is -0.922. The van der Waals surface area contributed by atoms with Gasteiger partial charge in [-0.15, -0.1) is 0 Å². The van der Waals surface area contributed by atoms with Crippen LogP contribution in [0.1, 0.15) is 59.4 Å². The van der Waals surface area contributed by atoms with E-state index in [1.807, 2.05) is 13.8 Å². The number of hydrogen-bond acceptors (Lipinski definition) is 6. The van der Waals surface area contributed by atoms with Gasteiger partial charge >= 0.3 is 6.18 Å². The number of hydrogen-bond donors (Lipinski definition) is 1.